The number of hydrogen-bond acceptors (Lipinski definition) is 5. The van der Waals surface area contributed by atoms with Crippen LogP contribution in [0.1, 0.15) is 17.5 Å². The second kappa shape index (κ2) is 8.61. The first-order valence-corrected chi connectivity index (χ1v) is 8.98. The number of amides is 1. The summed E-state index contributed by atoms with van der Waals surface area (Å²) in [5, 5.41) is 7.33. The molecule has 1 aliphatic rings. The van der Waals surface area contributed by atoms with Crippen LogP contribution in [0.2, 0.25) is 5.02 Å². The highest BCUT2D eigenvalue weighted by molar-refractivity contribution is 6.33. The Kier molecular flexibility index (Phi) is 6.30. The summed E-state index contributed by atoms with van der Waals surface area (Å²) >= 11 is 5.92. The van der Waals surface area contributed by atoms with Gasteiger partial charge < -0.3 is 10.1 Å². The van der Waals surface area contributed by atoms with E-state index >= 15 is 0 Å². The molecular formula is C18H13ClF6N4O2. The van der Waals surface area contributed by atoms with Gasteiger partial charge in [-0.3, -0.25) is 4.79 Å². The van der Waals surface area contributed by atoms with Gasteiger partial charge in [-0.05, 0) is 23.8 Å². The molecule has 2 heterocycles. The zero-order valence-electron chi connectivity index (χ0n) is 15.3. The molecule has 0 saturated carbocycles. The number of halogens is 7. The Morgan fingerprint density at radius 1 is 1.19 bits per heavy atom. The van der Waals surface area contributed by atoms with Crippen molar-refractivity contribution in [2.75, 3.05) is 5.01 Å². The second-order valence-corrected chi connectivity index (χ2v) is 6.74. The SMILES string of the molecule is O=C(NCc1ccc(OC(F)(F)F)cc1)C1CC=NN1c1ncc(C(F)(F)F)cc1Cl. The maximum absolute atomic E-state index is 12.8. The zero-order valence-corrected chi connectivity index (χ0v) is 16.1. The third-order valence-corrected chi connectivity index (χ3v) is 4.40. The van der Waals surface area contributed by atoms with E-state index in [9.17, 15) is 31.1 Å². The van der Waals surface area contributed by atoms with Crippen molar-refractivity contribution >= 4 is 29.5 Å². The van der Waals surface area contributed by atoms with E-state index in [0.29, 0.717) is 17.8 Å². The molecule has 6 nitrogen and oxygen atoms in total. The predicted molar refractivity (Wildman–Crippen MR) is 98.6 cm³/mol. The van der Waals surface area contributed by atoms with Crippen LogP contribution in [-0.4, -0.2) is 29.5 Å². The number of carbonyl (C=O) groups excluding carboxylic acids is 1. The third kappa shape index (κ3) is 5.78. The molecule has 1 aliphatic heterocycles. The maximum atomic E-state index is 12.8. The first kappa shape index (κ1) is 22.7. The summed E-state index contributed by atoms with van der Waals surface area (Å²) in [4.78, 5) is 16.2. The van der Waals surface area contributed by atoms with E-state index in [-0.39, 0.29) is 23.8 Å². The van der Waals surface area contributed by atoms with E-state index in [1.807, 2.05) is 0 Å². The van der Waals surface area contributed by atoms with Crippen molar-refractivity contribution in [2.45, 2.75) is 31.5 Å². The molecule has 2 aromatic rings. The predicted octanol–water partition coefficient (Wildman–Crippen LogP) is 4.53. The summed E-state index contributed by atoms with van der Waals surface area (Å²) in [5.74, 6) is -1.04. The van der Waals surface area contributed by atoms with E-state index in [1.165, 1.54) is 18.3 Å². The highest BCUT2D eigenvalue weighted by Gasteiger charge is 2.35. The summed E-state index contributed by atoms with van der Waals surface area (Å²) in [6, 6.07) is 4.68. The summed E-state index contributed by atoms with van der Waals surface area (Å²) in [7, 11) is 0. The third-order valence-electron chi connectivity index (χ3n) is 4.12. The molecule has 1 aromatic heterocycles. The number of hydrogen-bond donors (Lipinski definition) is 1. The Hall–Kier alpha value is -3.02. The van der Waals surface area contributed by atoms with Gasteiger partial charge in [-0.15, -0.1) is 13.2 Å². The molecule has 13 heteroatoms. The standard InChI is InChI=1S/C18H13ClF6N4O2/c19-13-7-11(17(20,21)22)9-26-15(13)29-14(5-6-28-29)16(30)27-8-10-1-3-12(4-2-10)31-18(23,24)25/h1-4,6-7,9,14H,5,8H2,(H,27,30). The highest BCUT2D eigenvalue weighted by Crippen LogP contribution is 2.35. The minimum atomic E-state index is -4.81. The van der Waals surface area contributed by atoms with Crippen molar-refractivity contribution in [1.82, 2.24) is 10.3 Å². The molecule has 1 atom stereocenters. The number of nitrogens with one attached hydrogen (secondary N) is 1. The Balaban J connectivity index is 1.64. The minimum Gasteiger partial charge on any atom is -0.406 e. The van der Waals surface area contributed by atoms with Gasteiger partial charge in [0.1, 0.15) is 11.8 Å². The van der Waals surface area contributed by atoms with Gasteiger partial charge >= 0.3 is 12.5 Å². The van der Waals surface area contributed by atoms with Crippen molar-refractivity contribution < 1.29 is 35.9 Å². The number of nitrogens with zero attached hydrogens (tertiary/aromatic N) is 3. The number of carbonyl (C=O) groups is 1. The molecule has 3 rings (SSSR count). The molecule has 0 radical (unpaired) electrons. The molecule has 1 unspecified atom stereocenters. The molecule has 1 N–H and O–H groups in total. The minimum absolute atomic E-state index is 0.0103. The van der Waals surface area contributed by atoms with E-state index < -0.39 is 35.8 Å². The van der Waals surface area contributed by atoms with Crippen LogP contribution < -0.4 is 15.1 Å². The fourth-order valence-electron chi connectivity index (χ4n) is 2.71. The fourth-order valence-corrected chi connectivity index (χ4v) is 2.96. The van der Waals surface area contributed by atoms with Crippen LogP contribution >= 0.6 is 11.6 Å². The lowest BCUT2D eigenvalue weighted by Crippen LogP contribution is -2.42. The second-order valence-electron chi connectivity index (χ2n) is 6.33. The molecule has 0 bridgehead atoms. The van der Waals surface area contributed by atoms with Gasteiger partial charge in [-0.25, -0.2) is 9.99 Å². The van der Waals surface area contributed by atoms with Crippen LogP contribution in [-0.2, 0) is 17.5 Å². The highest BCUT2D eigenvalue weighted by atomic mass is 35.5. The Morgan fingerprint density at radius 3 is 2.45 bits per heavy atom. The van der Waals surface area contributed by atoms with Gasteiger partial charge in [0.15, 0.2) is 5.82 Å². The Morgan fingerprint density at radius 2 is 1.87 bits per heavy atom. The quantitative estimate of drug-likeness (QED) is 0.657. The van der Waals surface area contributed by atoms with E-state index in [1.54, 1.807) is 0 Å². The lowest BCUT2D eigenvalue weighted by atomic mass is 10.1. The average Bonchev–Trinajstić information content (AvgIpc) is 3.15. The molecule has 166 valence electrons. The lowest BCUT2D eigenvalue weighted by Gasteiger charge is -2.23. The molecule has 0 spiro atoms. The topological polar surface area (TPSA) is 66.8 Å². The first-order chi connectivity index (χ1) is 14.4. The van der Waals surface area contributed by atoms with E-state index in [0.717, 1.165) is 17.1 Å². The van der Waals surface area contributed by atoms with Crippen LogP contribution in [0.25, 0.3) is 0 Å². The maximum Gasteiger partial charge on any atom is 0.573 e. The molecule has 0 saturated heterocycles. The summed E-state index contributed by atoms with van der Waals surface area (Å²) in [6.45, 7) is -0.0103. The van der Waals surface area contributed by atoms with Crippen molar-refractivity contribution in [3.8, 4) is 5.75 Å². The van der Waals surface area contributed by atoms with Gasteiger partial charge in [-0.1, -0.05) is 23.7 Å². The van der Waals surface area contributed by atoms with Gasteiger partial charge in [0.05, 0.1) is 10.6 Å². The number of rotatable bonds is 5. The number of ether oxygens (including phenoxy) is 1. The van der Waals surface area contributed by atoms with E-state index in [4.69, 9.17) is 11.6 Å². The smallest absolute Gasteiger partial charge is 0.406 e. The van der Waals surface area contributed by atoms with Crippen molar-refractivity contribution in [2.24, 2.45) is 5.10 Å². The van der Waals surface area contributed by atoms with Crippen LogP contribution in [0.15, 0.2) is 41.6 Å². The average molecular weight is 467 g/mol. The van der Waals surface area contributed by atoms with E-state index in [2.05, 4.69) is 20.1 Å². The fraction of sp³-hybridized carbons (Fsp3) is 0.278. The first-order valence-electron chi connectivity index (χ1n) is 8.61. The lowest BCUT2D eigenvalue weighted by molar-refractivity contribution is -0.274. The van der Waals surface area contributed by atoms with Crippen LogP contribution in [0.3, 0.4) is 0 Å². The van der Waals surface area contributed by atoms with Crippen molar-refractivity contribution in [1.29, 1.82) is 0 Å². The molecule has 0 fully saturated rings. The van der Waals surface area contributed by atoms with Crippen LogP contribution in [0, 0.1) is 0 Å². The molecule has 31 heavy (non-hydrogen) atoms. The normalized spacial score (nSPS) is 16.5. The number of hydrazone groups is 1. The number of benzene rings is 1. The van der Waals surface area contributed by atoms with Gasteiger partial charge in [-0.2, -0.15) is 18.3 Å². The Labute approximate surface area is 176 Å². The summed E-state index contributed by atoms with van der Waals surface area (Å²) in [5.41, 5.74) is -0.539. The number of pyridine rings is 1. The number of anilines is 1. The van der Waals surface area contributed by atoms with Crippen molar-refractivity contribution in [3.63, 3.8) is 0 Å². The van der Waals surface area contributed by atoms with Gasteiger partial charge in [0.2, 0.25) is 5.91 Å². The molecule has 1 amide bonds. The van der Waals surface area contributed by atoms with Crippen LogP contribution in [0.4, 0.5) is 32.2 Å². The zero-order chi connectivity index (χ0) is 22.8. The molecular weight excluding hydrogens is 454 g/mol. The molecule has 0 aliphatic carbocycles. The number of alkyl halides is 6. The number of aromatic nitrogens is 1. The van der Waals surface area contributed by atoms with Gasteiger partial charge in [0, 0.05) is 25.4 Å². The monoisotopic (exact) mass is 466 g/mol. The largest absolute Gasteiger partial charge is 0.573 e. The molecule has 1 aromatic carbocycles. The Bertz CT molecular complexity index is 978. The summed E-state index contributed by atoms with van der Waals surface area (Å²) < 4.78 is 78.7. The van der Waals surface area contributed by atoms with Gasteiger partial charge in [0.25, 0.3) is 0 Å². The van der Waals surface area contributed by atoms with Crippen LogP contribution in [0.5, 0.6) is 5.75 Å². The van der Waals surface area contributed by atoms with Crippen molar-refractivity contribution in [3.05, 3.63) is 52.7 Å². The summed E-state index contributed by atoms with van der Waals surface area (Å²) in [6.07, 6.45) is -7.29.